The molecule has 1 N–H and O–H groups in total. The van der Waals surface area contributed by atoms with Crippen molar-refractivity contribution in [3.05, 3.63) is 76.8 Å². The molecule has 0 saturated heterocycles. The van der Waals surface area contributed by atoms with Gasteiger partial charge in [-0.25, -0.2) is 9.78 Å². The van der Waals surface area contributed by atoms with Crippen molar-refractivity contribution in [3.8, 4) is 10.6 Å². The summed E-state index contributed by atoms with van der Waals surface area (Å²) < 4.78 is 5.25. The van der Waals surface area contributed by atoms with E-state index in [0.717, 1.165) is 21.7 Å². The van der Waals surface area contributed by atoms with Crippen LogP contribution in [0.3, 0.4) is 0 Å². The van der Waals surface area contributed by atoms with Gasteiger partial charge in [-0.15, -0.1) is 11.3 Å². The molecule has 0 bridgehead atoms. The van der Waals surface area contributed by atoms with Crippen molar-refractivity contribution >= 4 is 23.2 Å². The summed E-state index contributed by atoms with van der Waals surface area (Å²) in [6, 6.07) is 17.5. The van der Waals surface area contributed by atoms with E-state index in [0.29, 0.717) is 6.54 Å². The van der Waals surface area contributed by atoms with Crippen LogP contribution in [-0.2, 0) is 16.1 Å². The van der Waals surface area contributed by atoms with E-state index in [1.807, 2.05) is 61.5 Å². The Morgan fingerprint density at radius 2 is 1.81 bits per heavy atom. The average molecular weight is 380 g/mol. The number of aryl methyl sites for hydroxylation is 1. The van der Waals surface area contributed by atoms with Crippen LogP contribution in [0.25, 0.3) is 10.6 Å². The third kappa shape index (κ3) is 5.01. The van der Waals surface area contributed by atoms with Gasteiger partial charge in [-0.2, -0.15) is 0 Å². The summed E-state index contributed by atoms with van der Waals surface area (Å²) in [5.74, 6) is -0.951. The molecule has 0 saturated carbocycles. The number of hydrogen-bond donors (Lipinski definition) is 1. The van der Waals surface area contributed by atoms with E-state index in [1.165, 1.54) is 11.3 Å². The van der Waals surface area contributed by atoms with Crippen molar-refractivity contribution in [2.24, 2.45) is 0 Å². The lowest BCUT2D eigenvalue weighted by atomic mass is 10.2. The number of nitrogens with one attached hydrogen (secondary N) is 1. The number of carbonyl (C=O) groups is 2. The molecular formula is C21H20N2O3S. The van der Waals surface area contributed by atoms with Crippen LogP contribution in [0, 0.1) is 6.92 Å². The minimum absolute atomic E-state index is 0.207. The highest BCUT2D eigenvalue weighted by molar-refractivity contribution is 7.13. The number of carbonyl (C=O) groups excluding carboxylic acids is 2. The maximum atomic E-state index is 12.3. The number of esters is 1. The van der Waals surface area contributed by atoms with Crippen molar-refractivity contribution < 1.29 is 14.3 Å². The maximum Gasteiger partial charge on any atom is 0.358 e. The maximum absolute atomic E-state index is 12.3. The van der Waals surface area contributed by atoms with E-state index >= 15 is 0 Å². The normalized spacial score (nSPS) is 11.6. The Balaban J connectivity index is 1.56. The molecule has 0 aliphatic carbocycles. The lowest BCUT2D eigenvalue weighted by Gasteiger charge is -2.12. The topological polar surface area (TPSA) is 68.3 Å². The van der Waals surface area contributed by atoms with Crippen molar-refractivity contribution in [1.82, 2.24) is 10.3 Å². The molecule has 0 aliphatic heterocycles. The molecule has 0 fully saturated rings. The predicted octanol–water partition coefficient (Wildman–Crippen LogP) is 3.98. The van der Waals surface area contributed by atoms with Gasteiger partial charge in [-0.1, -0.05) is 60.2 Å². The quantitative estimate of drug-likeness (QED) is 0.657. The standard InChI is InChI=1S/C21H20N2O3S/c1-14-8-10-17(11-9-14)20-23-18(13-27-20)21(25)26-15(2)19(24)22-12-16-6-4-3-5-7-16/h3-11,13,15H,12H2,1-2H3,(H,22,24)/t15-/m1/s1. The van der Waals surface area contributed by atoms with E-state index in [9.17, 15) is 9.59 Å². The second kappa shape index (κ2) is 8.60. The summed E-state index contributed by atoms with van der Waals surface area (Å²) in [6.45, 7) is 3.94. The first-order chi connectivity index (χ1) is 13.0. The van der Waals surface area contributed by atoms with Crippen LogP contribution in [0.1, 0.15) is 28.5 Å². The largest absolute Gasteiger partial charge is 0.448 e. The van der Waals surface area contributed by atoms with E-state index in [2.05, 4.69) is 10.3 Å². The van der Waals surface area contributed by atoms with Crippen LogP contribution in [0.15, 0.2) is 60.0 Å². The summed E-state index contributed by atoms with van der Waals surface area (Å²) in [4.78, 5) is 28.7. The average Bonchev–Trinajstić information content (AvgIpc) is 3.17. The smallest absolute Gasteiger partial charge is 0.358 e. The second-order valence-corrected chi connectivity index (χ2v) is 7.01. The molecule has 2 aromatic carbocycles. The van der Waals surface area contributed by atoms with Gasteiger partial charge in [-0.3, -0.25) is 4.79 Å². The SMILES string of the molecule is Cc1ccc(-c2nc(C(=O)O[C@H](C)C(=O)NCc3ccccc3)cs2)cc1. The van der Waals surface area contributed by atoms with Gasteiger partial charge in [0, 0.05) is 17.5 Å². The molecule has 0 unspecified atom stereocenters. The number of aromatic nitrogens is 1. The van der Waals surface area contributed by atoms with Gasteiger partial charge in [0.15, 0.2) is 11.8 Å². The number of nitrogens with zero attached hydrogens (tertiary/aromatic N) is 1. The first-order valence-electron chi connectivity index (χ1n) is 8.58. The number of amides is 1. The van der Waals surface area contributed by atoms with Crippen molar-refractivity contribution in [2.45, 2.75) is 26.5 Å². The molecule has 1 aromatic heterocycles. The Morgan fingerprint density at radius 1 is 1.11 bits per heavy atom. The van der Waals surface area contributed by atoms with Crippen LogP contribution in [0.2, 0.25) is 0 Å². The zero-order valence-corrected chi connectivity index (χ0v) is 16.0. The summed E-state index contributed by atoms with van der Waals surface area (Å²) in [6.07, 6.45) is -0.897. The molecule has 1 amide bonds. The predicted molar refractivity (Wildman–Crippen MR) is 105 cm³/mol. The Hall–Kier alpha value is -2.99. The fourth-order valence-corrected chi connectivity index (χ4v) is 3.19. The minimum Gasteiger partial charge on any atom is -0.448 e. The first kappa shape index (κ1) is 18.8. The molecular weight excluding hydrogens is 360 g/mol. The van der Waals surface area contributed by atoms with Crippen LogP contribution in [0.5, 0.6) is 0 Å². The van der Waals surface area contributed by atoms with Gasteiger partial charge in [-0.05, 0) is 19.4 Å². The minimum atomic E-state index is -0.897. The summed E-state index contributed by atoms with van der Waals surface area (Å²) in [5, 5.41) is 5.14. The molecule has 5 nitrogen and oxygen atoms in total. The van der Waals surface area contributed by atoms with Crippen molar-refractivity contribution in [3.63, 3.8) is 0 Å². The van der Waals surface area contributed by atoms with Crippen LogP contribution >= 0.6 is 11.3 Å². The van der Waals surface area contributed by atoms with Gasteiger partial charge in [0.2, 0.25) is 0 Å². The Kier molecular flexibility index (Phi) is 5.98. The molecule has 3 aromatic rings. The highest BCUT2D eigenvalue weighted by Crippen LogP contribution is 2.24. The van der Waals surface area contributed by atoms with Gasteiger partial charge in [0.1, 0.15) is 5.01 Å². The van der Waals surface area contributed by atoms with Crippen molar-refractivity contribution in [1.29, 1.82) is 0 Å². The number of thiazole rings is 1. The zero-order valence-electron chi connectivity index (χ0n) is 15.1. The van der Waals surface area contributed by atoms with Gasteiger partial charge >= 0.3 is 5.97 Å². The molecule has 3 rings (SSSR count). The molecule has 0 aliphatic rings. The Morgan fingerprint density at radius 3 is 2.52 bits per heavy atom. The van der Waals surface area contributed by atoms with Crippen LogP contribution in [0.4, 0.5) is 0 Å². The summed E-state index contributed by atoms with van der Waals surface area (Å²) in [7, 11) is 0. The van der Waals surface area contributed by atoms with Gasteiger partial charge < -0.3 is 10.1 Å². The van der Waals surface area contributed by atoms with Gasteiger partial charge in [0.05, 0.1) is 0 Å². The fraction of sp³-hybridized carbons (Fsp3) is 0.190. The number of ether oxygens (including phenoxy) is 1. The zero-order chi connectivity index (χ0) is 19.2. The Bertz CT molecular complexity index is 920. The lowest BCUT2D eigenvalue weighted by molar-refractivity contribution is -0.129. The molecule has 27 heavy (non-hydrogen) atoms. The number of benzene rings is 2. The number of rotatable bonds is 6. The molecule has 0 spiro atoms. The molecule has 1 heterocycles. The van der Waals surface area contributed by atoms with Gasteiger partial charge in [0.25, 0.3) is 5.91 Å². The highest BCUT2D eigenvalue weighted by Gasteiger charge is 2.20. The second-order valence-electron chi connectivity index (χ2n) is 6.15. The third-order valence-corrected chi connectivity index (χ3v) is 4.87. The monoisotopic (exact) mass is 380 g/mol. The lowest BCUT2D eigenvalue weighted by Crippen LogP contribution is -2.35. The highest BCUT2D eigenvalue weighted by atomic mass is 32.1. The molecule has 1 atom stereocenters. The van der Waals surface area contributed by atoms with E-state index in [1.54, 1.807) is 12.3 Å². The molecule has 0 radical (unpaired) electrons. The summed E-state index contributed by atoms with van der Waals surface area (Å²) in [5.41, 5.74) is 3.29. The Labute approximate surface area is 162 Å². The first-order valence-corrected chi connectivity index (χ1v) is 9.46. The third-order valence-electron chi connectivity index (χ3n) is 3.97. The number of hydrogen-bond acceptors (Lipinski definition) is 5. The van der Waals surface area contributed by atoms with Crippen LogP contribution < -0.4 is 5.32 Å². The molecule has 6 heteroatoms. The van der Waals surface area contributed by atoms with Crippen molar-refractivity contribution in [2.75, 3.05) is 0 Å². The fourth-order valence-electron chi connectivity index (χ4n) is 2.40. The van der Waals surface area contributed by atoms with Crippen LogP contribution in [-0.4, -0.2) is 23.0 Å². The van der Waals surface area contributed by atoms with E-state index in [-0.39, 0.29) is 11.6 Å². The van der Waals surface area contributed by atoms with E-state index < -0.39 is 12.1 Å². The molecule has 138 valence electrons. The van der Waals surface area contributed by atoms with E-state index in [4.69, 9.17) is 4.74 Å². The summed E-state index contributed by atoms with van der Waals surface area (Å²) >= 11 is 1.37.